The Labute approximate surface area is 179 Å². The van der Waals surface area contributed by atoms with Crippen LogP contribution in [0.3, 0.4) is 0 Å². The van der Waals surface area contributed by atoms with E-state index in [2.05, 4.69) is 9.71 Å². The Balaban J connectivity index is 1.40. The van der Waals surface area contributed by atoms with Gasteiger partial charge in [0.05, 0.1) is 25.7 Å². The van der Waals surface area contributed by atoms with Crippen molar-refractivity contribution in [1.29, 1.82) is 0 Å². The normalized spacial score (nSPS) is 16.3. The van der Waals surface area contributed by atoms with Gasteiger partial charge in [0.15, 0.2) is 16.7 Å². The lowest BCUT2D eigenvalue weighted by molar-refractivity contribution is 0.0954. The molecule has 0 saturated heterocycles. The molecule has 0 saturated carbocycles. The Morgan fingerprint density at radius 2 is 1.97 bits per heavy atom. The molecular formula is C20H21N3O5S2. The second-order valence-corrected chi connectivity index (χ2v) is 9.56. The molecule has 0 bridgehead atoms. The number of anilines is 1. The molecule has 0 fully saturated rings. The second-order valence-electron chi connectivity index (χ2n) is 6.79. The molecule has 0 aliphatic carbocycles. The fourth-order valence-corrected chi connectivity index (χ4v) is 5.63. The third kappa shape index (κ3) is 4.10. The predicted molar refractivity (Wildman–Crippen MR) is 116 cm³/mol. The van der Waals surface area contributed by atoms with Crippen LogP contribution in [0.5, 0.6) is 11.5 Å². The Morgan fingerprint density at radius 3 is 2.73 bits per heavy atom. The van der Waals surface area contributed by atoms with Crippen LogP contribution in [0.4, 0.5) is 5.69 Å². The molecule has 30 heavy (non-hydrogen) atoms. The lowest BCUT2D eigenvalue weighted by Crippen LogP contribution is -2.35. The summed E-state index contributed by atoms with van der Waals surface area (Å²) in [5.74, 6) is 1.13. The second kappa shape index (κ2) is 8.19. The van der Waals surface area contributed by atoms with Crippen molar-refractivity contribution < 1.29 is 22.7 Å². The summed E-state index contributed by atoms with van der Waals surface area (Å²) in [6, 6.07) is 11.0. The molecule has 0 unspecified atom stereocenters. The van der Waals surface area contributed by atoms with Crippen LogP contribution >= 0.6 is 11.8 Å². The lowest BCUT2D eigenvalue weighted by Gasteiger charge is -2.22. The Bertz CT molecular complexity index is 1130. The number of sulfonamides is 1. The number of rotatable bonds is 6. The summed E-state index contributed by atoms with van der Waals surface area (Å²) in [6.07, 6.45) is 0.647. The van der Waals surface area contributed by atoms with Crippen molar-refractivity contribution >= 4 is 38.5 Å². The van der Waals surface area contributed by atoms with Gasteiger partial charge in [-0.25, -0.2) is 8.42 Å². The van der Waals surface area contributed by atoms with Gasteiger partial charge in [0.1, 0.15) is 0 Å². The minimum atomic E-state index is -3.40. The molecule has 4 rings (SSSR count). The fourth-order valence-electron chi connectivity index (χ4n) is 3.33. The minimum absolute atomic E-state index is 0.00508. The van der Waals surface area contributed by atoms with Gasteiger partial charge < -0.3 is 19.7 Å². The summed E-state index contributed by atoms with van der Waals surface area (Å²) in [6.45, 7) is 0.841. The highest BCUT2D eigenvalue weighted by molar-refractivity contribution is 8.15. The average Bonchev–Trinajstić information content (AvgIpc) is 3.08. The van der Waals surface area contributed by atoms with E-state index < -0.39 is 10.0 Å². The first kappa shape index (κ1) is 20.5. The van der Waals surface area contributed by atoms with E-state index in [1.807, 2.05) is 29.2 Å². The van der Waals surface area contributed by atoms with Crippen LogP contribution in [0.25, 0.3) is 0 Å². The van der Waals surface area contributed by atoms with Crippen molar-refractivity contribution in [3.05, 3.63) is 47.5 Å². The van der Waals surface area contributed by atoms with Crippen molar-refractivity contribution in [3.63, 3.8) is 0 Å². The smallest absolute Gasteiger partial charge is 0.257 e. The van der Waals surface area contributed by atoms with Crippen molar-refractivity contribution in [2.45, 2.75) is 11.3 Å². The van der Waals surface area contributed by atoms with Gasteiger partial charge in [-0.15, -0.1) is 4.40 Å². The van der Waals surface area contributed by atoms with Gasteiger partial charge in [0, 0.05) is 23.5 Å². The number of nitrogens with one attached hydrogen (secondary N) is 1. The number of amides is 1. The summed E-state index contributed by atoms with van der Waals surface area (Å²) >= 11 is 1.27. The number of fused-ring (bicyclic) bond motifs is 3. The number of carbonyl (C=O) groups excluding carboxylic acids is 1. The zero-order valence-corrected chi connectivity index (χ0v) is 18.2. The first-order valence-electron chi connectivity index (χ1n) is 9.31. The summed E-state index contributed by atoms with van der Waals surface area (Å²) in [4.78, 5) is 15.3. The number of hydrogen-bond acceptors (Lipinski definition) is 7. The van der Waals surface area contributed by atoms with Crippen molar-refractivity contribution in [1.82, 2.24) is 5.32 Å². The number of carbonyl (C=O) groups is 1. The predicted octanol–water partition coefficient (Wildman–Crippen LogP) is 2.29. The third-order valence-electron chi connectivity index (χ3n) is 4.88. The summed E-state index contributed by atoms with van der Waals surface area (Å²) in [7, 11) is -0.226. The fraction of sp³-hybridized carbons (Fsp3) is 0.300. The third-order valence-corrected chi connectivity index (χ3v) is 7.19. The maximum atomic E-state index is 12.6. The molecule has 0 spiro atoms. The highest BCUT2D eigenvalue weighted by atomic mass is 32.2. The van der Waals surface area contributed by atoms with Gasteiger partial charge in [0.2, 0.25) is 0 Å². The van der Waals surface area contributed by atoms with Crippen LogP contribution in [0.1, 0.15) is 15.9 Å². The van der Waals surface area contributed by atoms with Crippen LogP contribution in [0, 0.1) is 0 Å². The molecule has 2 aromatic rings. The number of ether oxygens (including phenoxy) is 2. The Hall–Kier alpha value is -2.72. The molecule has 0 aromatic heterocycles. The quantitative estimate of drug-likeness (QED) is 0.726. The highest BCUT2D eigenvalue weighted by Gasteiger charge is 2.33. The van der Waals surface area contributed by atoms with Crippen molar-refractivity contribution in [2.24, 2.45) is 4.40 Å². The van der Waals surface area contributed by atoms with Gasteiger partial charge >= 0.3 is 0 Å². The van der Waals surface area contributed by atoms with E-state index in [0.29, 0.717) is 41.7 Å². The molecule has 1 N–H and O–H groups in total. The lowest BCUT2D eigenvalue weighted by atomic mass is 10.1. The van der Waals surface area contributed by atoms with Gasteiger partial charge in [-0.2, -0.15) is 0 Å². The van der Waals surface area contributed by atoms with Gasteiger partial charge in [-0.3, -0.25) is 4.79 Å². The number of amidine groups is 1. The van der Waals surface area contributed by atoms with E-state index in [9.17, 15) is 13.2 Å². The average molecular weight is 448 g/mol. The molecule has 2 aliphatic rings. The van der Waals surface area contributed by atoms with E-state index in [1.54, 1.807) is 26.4 Å². The van der Waals surface area contributed by atoms with Crippen LogP contribution in [0.2, 0.25) is 0 Å². The Morgan fingerprint density at radius 1 is 1.17 bits per heavy atom. The zero-order chi connectivity index (χ0) is 21.3. The summed E-state index contributed by atoms with van der Waals surface area (Å²) in [5, 5.41) is 3.37. The largest absolute Gasteiger partial charge is 0.493 e. The minimum Gasteiger partial charge on any atom is -0.493 e. The maximum absolute atomic E-state index is 12.6. The molecule has 2 aromatic carbocycles. The van der Waals surface area contributed by atoms with Crippen LogP contribution < -0.4 is 19.7 Å². The molecule has 1 amide bonds. The van der Waals surface area contributed by atoms with E-state index in [4.69, 9.17) is 9.47 Å². The van der Waals surface area contributed by atoms with Crippen LogP contribution in [-0.2, 0) is 16.4 Å². The number of nitrogens with zero attached hydrogens (tertiary/aromatic N) is 2. The highest BCUT2D eigenvalue weighted by Crippen LogP contribution is 2.42. The summed E-state index contributed by atoms with van der Waals surface area (Å²) < 4.78 is 37.8. The molecule has 8 nitrogen and oxygen atoms in total. The van der Waals surface area contributed by atoms with E-state index in [1.165, 1.54) is 11.8 Å². The molecule has 2 heterocycles. The molecule has 10 heteroatoms. The molecule has 0 atom stereocenters. The monoisotopic (exact) mass is 447 g/mol. The van der Waals surface area contributed by atoms with Crippen LogP contribution in [-0.4, -0.2) is 52.6 Å². The topological polar surface area (TPSA) is 97.3 Å². The first-order valence-corrected chi connectivity index (χ1v) is 11.7. The molecule has 158 valence electrons. The molecular weight excluding hydrogens is 426 g/mol. The van der Waals surface area contributed by atoms with Crippen LogP contribution in [0.15, 0.2) is 45.7 Å². The number of hydrogen-bond donors (Lipinski definition) is 1. The molecule has 0 radical (unpaired) electrons. The van der Waals surface area contributed by atoms with E-state index >= 15 is 0 Å². The van der Waals surface area contributed by atoms with Gasteiger partial charge in [0.25, 0.3) is 15.9 Å². The molecule has 2 aliphatic heterocycles. The maximum Gasteiger partial charge on any atom is 0.257 e. The zero-order valence-electron chi connectivity index (χ0n) is 16.5. The SMILES string of the molecule is COc1ccc(CCNC(=O)c2ccc3c(c2)SC2=NS(=O)(=O)CCN23)cc1OC. The van der Waals surface area contributed by atoms with Gasteiger partial charge in [-0.1, -0.05) is 6.07 Å². The van der Waals surface area contributed by atoms with Crippen molar-refractivity contribution in [2.75, 3.05) is 38.0 Å². The van der Waals surface area contributed by atoms with E-state index in [-0.39, 0.29) is 11.7 Å². The van der Waals surface area contributed by atoms with Gasteiger partial charge in [-0.05, 0) is 54.1 Å². The number of thioether (sulfide) groups is 1. The van der Waals surface area contributed by atoms with Crippen molar-refractivity contribution in [3.8, 4) is 11.5 Å². The standard InChI is InChI=1S/C20H21N3O5S2/c1-27-16-6-3-13(11-17(16)28-2)7-8-21-19(24)14-4-5-15-18(12-14)29-20-22-30(25,26)10-9-23(15)20/h3-6,11-12H,7-10H2,1-2H3,(H,21,24). The Kier molecular flexibility index (Phi) is 5.61. The summed E-state index contributed by atoms with van der Waals surface area (Å²) in [5.41, 5.74) is 2.43. The first-order chi connectivity index (χ1) is 14.4. The number of benzene rings is 2. The van der Waals surface area contributed by atoms with E-state index in [0.717, 1.165) is 16.1 Å². The number of methoxy groups -OCH3 is 2.